The Morgan fingerprint density at radius 2 is 1.90 bits per heavy atom. The molecule has 1 aliphatic rings. The van der Waals surface area contributed by atoms with Crippen LogP contribution in [-0.4, -0.2) is 16.8 Å². The van der Waals surface area contributed by atoms with Crippen LogP contribution in [0.15, 0.2) is 48.5 Å². The van der Waals surface area contributed by atoms with Crippen LogP contribution in [0.3, 0.4) is 0 Å². The summed E-state index contributed by atoms with van der Waals surface area (Å²) in [4.78, 5) is 0. The molecule has 0 N–H and O–H groups in total. The molecule has 4 rings (SSSR count). The van der Waals surface area contributed by atoms with Crippen molar-refractivity contribution in [3.8, 4) is 0 Å². The molecule has 0 aliphatic carbocycles. The van der Waals surface area contributed by atoms with Crippen molar-refractivity contribution in [2.45, 2.75) is 12.5 Å². The molecule has 0 saturated carbocycles. The van der Waals surface area contributed by atoms with Crippen LogP contribution >= 0.6 is 0 Å². The lowest BCUT2D eigenvalue weighted by molar-refractivity contribution is 0.0703. The molecule has 2 heterocycles. The zero-order chi connectivity index (χ0) is 13.4. The first-order valence-corrected chi connectivity index (χ1v) is 6.76. The number of aromatic nitrogens is 2. The highest BCUT2D eigenvalue weighted by molar-refractivity contribution is 5.81. The molecule has 0 amide bonds. The average molecular weight is 261 g/mol. The zero-order valence-corrected chi connectivity index (χ0v) is 10.9. The van der Waals surface area contributed by atoms with Gasteiger partial charge in [-0.05, 0) is 23.6 Å². The molecule has 0 fully saturated rings. The Labute approximate surface area is 117 Å². The largest absolute Gasteiger partial charge is 0.368 e. The second kappa shape index (κ2) is 4.69. The Morgan fingerprint density at radius 1 is 1.05 bits per heavy atom. The SMILES string of the molecule is [c]1nnc2ccccc2c1C1OCCc2ccccc21. The molecule has 1 aliphatic heterocycles. The Morgan fingerprint density at radius 3 is 2.90 bits per heavy atom. The van der Waals surface area contributed by atoms with Gasteiger partial charge in [-0.1, -0.05) is 42.5 Å². The average Bonchev–Trinajstić information content (AvgIpc) is 2.54. The van der Waals surface area contributed by atoms with Crippen molar-refractivity contribution in [3.63, 3.8) is 0 Å². The number of nitrogens with zero attached hydrogens (tertiary/aromatic N) is 2. The van der Waals surface area contributed by atoms with E-state index in [-0.39, 0.29) is 6.10 Å². The molecule has 0 bridgehead atoms. The highest BCUT2D eigenvalue weighted by Gasteiger charge is 2.24. The van der Waals surface area contributed by atoms with Crippen LogP contribution in [-0.2, 0) is 11.2 Å². The van der Waals surface area contributed by atoms with E-state index in [1.807, 2.05) is 18.2 Å². The van der Waals surface area contributed by atoms with Crippen molar-refractivity contribution in [2.24, 2.45) is 0 Å². The molecular formula is C17H13N2O. The third kappa shape index (κ3) is 1.79. The van der Waals surface area contributed by atoms with Crippen molar-refractivity contribution in [3.05, 3.63) is 71.4 Å². The maximum atomic E-state index is 6.00. The van der Waals surface area contributed by atoms with Crippen LogP contribution in [0.4, 0.5) is 0 Å². The molecule has 3 aromatic rings. The van der Waals surface area contributed by atoms with E-state index in [1.54, 1.807) is 0 Å². The maximum absolute atomic E-state index is 6.00. The maximum Gasteiger partial charge on any atom is 0.120 e. The summed E-state index contributed by atoms with van der Waals surface area (Å²) in [6.45, 7) is 0.728. The molecule has 97 valence electrons. The summed E-state index contributed by atoms with van der Waals surface area (Å²) in [5.74, 6) is 0. The van der Waals surface area contributed by atoms with Crippen molar-refractivity contribution < 1.29 is 4.74 Å². The summed E-state index contributed by atoms with van der Waals surface area (Å²) >= 11 is 0. The Kier molecular flexibility index (Phi) is 2.71. The summed E-state index contributed by atoms with van der Waals surface area (Å²) < 4.78 is 6.00. The van der Waals surface area contributed by atoms with Crippen LogP contribution in [0.5, 0.6) is 0 Å². The summed E-state index contributed by atoms with van der Waals surface area (Å²) in [6.07, 6.45) is 3.90. The van der Waals surface area contributed by atoms with Crippen molar-refractivity contribution in [2.75, 3.05) is 6.61 Å². The number of benzene rings is 2. The van der Waals surface area contributed by atoms with Gasteiger partial charge >= 0.3 is 0 Å². The van der Waals surface area contributed by atoms with E-state index in [0.717, 1.165) is 29.5 Å². The summed E-state index contributed by atoms with van der Waals surface area (Å²) in [6, 6.07) is 16.4. The fourth-order valence-corrected chi connectivity index (χ4v) is 2.81. The lowest BCUT2D eigenvalue weighted by Crippen LogP contribution is -2.17. The highest BCUT2D eigenvalue weighted by atomic mass is 16.5. The van der Waals surface area contributed by atoms with Gasteiger partial charge in [-0.25, -0.2) is 0 Å². The number of hydrogen-bond donors (Lipinski definition) is 0. The van der Waals surface area contributed by atoms with Gasteiger partial charge in [0, 0.05) is 10.9 Å². The van der Waals surface area contributed by atoms with E-state index >= 15 is 0 Å². The second-order valence-corrected chi connectivity index (χ2v) is 4.94. The minimum absolute atomic E-state index is 0.0969. The van der Waals surface area contributed by atoms with E-state index in [0.29, 0.717) is 0 Å². The molecule has 1 atom stereocenters. The number of hydrogen-bond acceptors (Lipinski definition) is 3. The predicted molar refractivity (Wildman–Crippen MR) is 76.3 cm³/mol. The van der Waals surface area contributed by atoms with E-state index in [4.69, 9.17) is 4.74 Å². The van der Waals surface area contributed by atoms with Crippen molar-refractivity contribution in [1.82, 2.24) is 10.2 Å². The second-order valence-electron chi connectivity index (χ2n) is 4.94. The van der Waals surface area contributed by atoms with E-state index in [2.05, 4.69) is 46.7 Å². The molecule has 1 unspecified atom stereocenters. The highest BCUT2D eigenvalue weighted by Crippen LogP contribution is 2.34. The first-order chi connectivity index (χ1) is 9.93. The topological polar surface area (TPSA) is 35.0 Å². The van der Waals surface area contributed by atoms with E-state index in [9.17, 15) is 0 Å². The van der Waals surface area contributed by atoms with Crippen LogP contribution in [0.25, 0.3) is 10.9 Å². The summed E-state index contributed by atoms with van der Waals surface area (Å²) in [5.41, 5.74) is 4.42. The third-order valence-electron chi connectivity index (χ3n) is 3.78. The number of ether oxygens (including phenoxy) is 1. The molecule has 3 nitrogen and oxygen atoms in total. The fourth-order valence-electron chi connectivity index (χ4n) is 2.81. The first kappa shape index (κ1) is 11.6. The molecule has 0 saturated heterocycles. The minimum atomic E-state index is -0.0969. The molecule has 0 spiro atoms. The van der Waals surface area contributed by atoms with Crippen LogP contribution in [0.1, 0.15) is 22.8 Å². The smallest absolute Gasteiger partial charge is 0.120 e. The van der Waals surface area contributed by atoms with Gasteiger partial charge in [0.05, 0.1) is 12.1 Å². The van der Waals surface area contributed by atoms with Gasteiger partial charge in [-0.15, -0.1) is 10.2 Å². The first-order valence-electron chi connectivity index (χ1n) is 6.76. The van der Waals surface area contributed by atoms with Gasteiger partial charge in [-0.2, -0.15) is 0 Å². The standard InChI is InChI=1S/C17H13N2O/c1-2-6-13-12(5-1)9-10-20-17(13)15-11-18-19-16-8-4-3-7-14(15)16/h1-8,17H,9-10H2. The molecule has 1 radical (unpaired) electrons. The zero-order valence-electron chi connectivity index (χ0n) is 10.9. The van der Waals surface area contributed by atoms with Gasteiger partial charge in [0.1, 0.15) is 12.3 Å². The summed E-state index contributed by atoms with van der Waals surface area (Å²) in [7, 11) is 0. The molecule has 2 aromatic carbocycles. The Hall–Kier alpha value is -2.26. The monoisotopic (exact) mass is 261 g/mol. The number of fused-ring (bicyclic) bond motifs is 2. The van der Waals surface area contributed by atoms with Gasteiger partial charge in [-0.3, -0.25) is 0 Å². The van der Waals surface area contributed by atoms with Gasteiger partial charge in [0.15, 0.2) is 0 Å². The third-order valence-corrected chi connectivity index (χ3v) is 3.78. The Balaban J connectivity index is 1.93. The molecule has 3 heteroatoms. The van der Waals surface area contributed by atoms with Crippen molar-refractivity contribution in [1.29, 1.82) is 0 Å². The van der Waals surface area contributed by atoms with Crippen molar-refractivity contribution >= 4 is 10.9 Å². The van der Waals surface area contributed by atoms with Gasteiger partial charge in [0.25, 0.3) is 0 Å². The van der Waals surface area contributed by atoms with Gasteiger partial charge in [0.2, 0.25) is 0 Å². The lowest BCUT2D eigenvalue weighted by atomic mass is 9.92. The van der Waals surface area contributed by atoms with Crippen LogP contribution in [0.2, 0.25) is 0 Å². The van der Waals surface area contributed by atoms with E-state index < -0.39 is 0 Å². The summed E-state index contributed by atoms with van der Waals surface area (Å²) in [5, 5.41) is 9.20. The lowest BCUT2D eigenvalue weighted by Gasteiger charge is -2.26. The predicted octanol–water partition coefficient (Wildman–Crippen LogP) is 3.09. The Bertz CT molecular complexity index is 764. The normalized spacial score (nSPS) is 17.9. The molecule has 1 aromatic heterocycles. The van der Waals surface area contributed by atoms with Crippen LogP contribution < -0.4 is 0 Å². The molecular weight excluding hydrogens is 248 g/mol. The fraction of sp³-hybridized carbons (Fsp3) is 0.176. The number of rotatable bonds is 1. The van der Waals surface area contributed by atoms with Gasteiger partial charge < -0.3 is 4.74 Å². The van der Waals surface area contributed by atoms with Crippen LogP contribution in [0, 0.1) is 6.20 Å². The molecule has 20 heavy (non-hydrogen) atoms. The quantitative estimate of drug-likeness (QED) is 0.675. The van der Waals surface area contributed by atoms with E-state index in [1.165, 1.54) is 11.1 Å². The minimum Gasteiger partial charge on any atom is -0.368 e.